The van der Waals surface area contributed by atoms with Crippen LogP contribution in [0.2, 0.25) is 0 Å². The summed E-state index contributed by atoms with van der Waals surface area (Å²) in [7, 11) is 0. The lowest BCUT2D eigenvalue weighted by atomic mass is 9.72. The maximum atomic E-state index is 13.0. The van der Waals surface area contributed by atoms with Gasteiger partial charge in [-0.3, -0.25) is 9.36 Å². The zero-order valence-electron chi connectivity index (χ0n) is 23.6. The van der Waals surface area contributed by atoms with Gasteiger partial charge in [0, 0.05) is 11.4 Å². The monoisotopic (exact) mass is 563 g/mol. The van der Waals surface area contributed by atoms with E-state index < -0.39 is 0 Å². The van der Waals surface area contributed by atoms with Crippen molar-refractivity contribution in [3.8, 4) is 11.8 Å². The van der Waals surface area contributed by atoms with Gasteiger partial charge in [0.15, 0.2) is 17.1 Å². The number of carbonyl (C=O) groups excluding carboxylic acids is 1. The van der Waals surface area contributed by atoms with Crippen molar-refractivity contribution >= 4 is 34.0 Å². The number of allylic oxidation sites excluding steroid dienone is 1. The van der Waals surface area contributed by atoms with Crippen LogP contribution in [0, 0.1) is 36.5 Å². The second-order valence-electron chi connectivity index (χ2n) is 11.2. The van der Waals surface area contributed by atoms with Crippen LogP contribution in [0.15, 0.2) is 36.0 Å². The van der Waals surface area contributed by atoms with E-state index >= 15 is 0 Å². The van der Waals surface area contributed by atoms with E-state index in [0.717, 1.165) is 41.7 Å². The fraction of sp³-hybridized carbons (Fsp3) is 0.467. The number of nitrogens with zero attached hydrogens (tertiary/aromatic N) is 4. The molecule has 0 saturated carbocycles. The number of carbonyl (C=O) groups is 1. The Labute approximate surface area is 239 Å². The molecule has 2 unspecified atom stereocenters. The van der Waals surface area contributed by atoms with E-state index in [1.807, 2.05) is 30.5 Å². The van der Waals surface area contributed by atoms with E-state index in [2.05, 4.69) is 61.9 Å². The number of hydrogen-bond acceptors (Lipinski definition) is 7. The number of thiophene rings is 1. The van der Waals surface area contributed by atoms with Gasteiger partial charge in [-0.2, -0.15) is 5.26 Å². The SMILES string of the molecule is C=CCn1c(SCC(=O)Nc2sc3c(c2C#N)CCC(C(C)(C)C)C3)nnc1C(C)Oc1cccc(C)c1C. The summed E-state index contributed by atoms with van der Waals surface area (Å²) in [4.78, 5) is 14.2. The van der Waals surface area contributed by atoms with Gasteiger partial charge in [0.25, 0.3) is 0 Å². The van der Waals surface area contributed by atoms with Crippen molar-refractivity contribution < 1.29 is 9.53 Å². The molecule has 1 aromatic carbocycles. The summed E-state index contributed by atoms with van der Waals surface area (Å²) in [5.41, 5.74) is 4.20. The molecule has 2 atom stereocenters. The third kappa shape index (κ3) is 6.39. The largest absolute Gasteiger partial charge is 0.482 e. The molecule has 4 rings (SSSR count). The molecule has 0 bridgehead atoms. The number of fused-ring (bicyclic) bond motifs is 1. The van der Waals surface area contributed by atoms with Crippen molar-refractivity contribution in [1.29, 1.82) is 5.26 Å². The molecule has 0 fully saturated rings. The van der Waals surface area contributed by atoms with Crippen LogP contribution in [-0.4, -0.2) is 26.4 Å². The van der Waals surface area contributed by atoms with Crippen molar-refractivity contribution in [3.63, 3.8) is 0 Å². The molecule has 2 aromatic heterocycles. The molecule has 9 heteroatoms. The molecule has 1 aliphatic rings. The predicted octanol–water partition coefficient (Wildman–Crippen LogP) is 7.04. The number of nitrogens with one attached hydrogen (secondary N) is 1. The van der Waals surface area contributed by atoms with E-state index in [1.54, 1.807) is 17.4 Å². The first-order valence-electron chi connectivity index (χ1n) is 13.3. The van der Waals surface area contributed by atoms with Gasteiger partial charge in [0.2, 0.25) is 5.91 Å². The van der Waals surface area contributed by atoms with Crippen molar-refractivity contribution in [2.45, 2.75) is 78.6 Å². The number of amides is 1. The molecule has 206 valence electrons. The highest BCUT2D eigenvalue weighted by atomic mass is 32.2. The van der Waals surface area contributed by atoms with Crippen LogP contribution < -0.4 is 10.1 Å². The fourth-order valence-electron chi connectivity index (χ4n) is 4.93. The maximum Gasteiger partial charge on any atom is 0.235 e. The van der Waals surface area contributed by atoms with Crippen molar-refractivity contribution in [2.24, 2.45) is 11.3 Å². The van der Waals surface area contributed by atoms with Gasteiger partial charge in [-0.25, -0.2) is 0 Å². The summed E-state index contributed by atoms with van der Waals surface area (Å²) in [6.45, 7) is 17.2. The highest BCUT2D eigenvalue weighted by Crippen LogP contribution is 2.44. The van der Waals surface area contributed by atoms with Crippen LogP contribution in [0.1, 0.15) is 73.2 Å². The van der Waals surface area contributed by atoms with Crippen molar-refractivity contribution in [1.82, 2.24) is 14.8 Å². The minimum absolute atomic E-state index is 0.152. The van der Waals surface area contributed by atoms with Gasteiger partial charge < -0.3 is 10.1 Å². The van der Waals surface area contributed by atoms with Crippen LogP contribution in [0.4, 0.5) is 5.00 Å². The number of hydrogen-bond donors (Lipinski definition) is 1. The first-order valence-corrected chi connectivity index (χ1v) is 15.1. The quantitative estimate of drug-likeness (QED) is 0.222. The lowest BCUT2D eigenvalue weighted by Crippen LogP contribution is -2.26. The molecule has 39 heavy (non-hydrogen) atoms. The van der Waals surface area contributed by atoms with Crippen LogP contribution >= 0.6 is 23.1 Å². The van der Waals surface area contributed by atoms with E-state index in [4.69, 9.17) is 4.74 Å². The number of aryl methyl sites for hydroxylation is 1. The number of anilines is 1. The molecule has 1 amide bonds. The molecule has 3 aromatic rings. The normalized spacial score (nSPS) is 15.8. The number of nitriles is 1. The minimum Gasteiger partial charge on any atom is -0.482 e. The van der Waals surface area contributed by atoms with Gasteiger partial charge in [-0.05, 0) is 74.1 Å². The minimum atomic E-state index is -0.339. The van der Waals surface area contributed by atoms with Crippen LogP contribution in [-0.2, 0) is 24.2 Å². The van der Waals surface area contributed by atoms with Crippen molar-refractivity contribution in [3.05, 3.63) is 63.8 Å². The zero-order valence-corrected chi connectivity index (χ0v) is 25.3. The average Bonchev–Trinajstić information content (AvgIpc) is 3.45. The molecule has 1 N–H and O–H groups in total. The Bertz CT molecular complexity index is 1410. The first kappa shape index (κ1) is 28.9. The Morgan fingerprint density at radius 1 is 1.38 bits per heavy atom. The van der Waals surface area contributed by atoms with Crippen molar-refractivity contribution in [2.75, 3.05) is 11.1 Å². The highest BCUT2D eigenvalue weighted by Gasteiger charge is 2.32. The second kappa shape index (κ2) is 12.0. The van der Waals surface area contributed by atoms with Crippen LogP contribution in [0.5, 0.6) is 5.75 Å². The highest BCUT2D eigenvalue weighted by molar-refractivity contribution is 7.99. The molecule has 1 aliphatic carbocycles. The van der Waals surface area contributed by atoms with Gasteiger partial charge in [0.05, 0.1) is 11.3 Å². The smallest absolute Gasteiger partial charge is 0.235 e. The molecule has 0 aliphatic heterocycles. The number of thioether (sulfide) groups is 1. The molecule has 0 saturated heterocycles. The topological polar surface area (TPSA) is 92.8 Å². The second-order valence-corrected chi connectivity index (χ2v) is 13.2. The third-order valence-electron chi connectivity index (χ3n) is 7.47. The Morgan fingerprint density at radius 3 is 2.85 bits per heavy atom. The third-order valence-corrected chi connectivity index (χ3v) is 9.60. The molecule has 7 nitrogen and oxygen atoms in total. The molecule has 2 heterocycles. The van der Waals surface area contributed by atoms with Crippen LogP contribution in [0.25, 0.3) is 0 Å². The molecule has 0 spiro atoms. The predicted molar refractivity (Wildman–Crippen MR) is 159 cm³/mol. The number of benzene rings is 1. The molecular weight excluding hydrogens is 526 g/mol. The Balaban J connectivity index is 1.44. The first-order chi connectivity index (χ1) is 18.5. The summed E-state index contributed by atoms with van der Waals surface area (Å²) in [5, 5.41) is 22.9. The van der Waals surface area contributed by atoms with Gasteiger partial charge in [-0.15, -0.1) is 28.1 Å². The summed E-state index contributed by atoms with van der Waals surface area (Å²) in [6.07, 6.45) is 4.35. The lowest BCUT2D eigenvalue weighted by Gasteiger charge is -2.33. The molecule has 0 radical (unpaired) electrons. The maximum absolute atomic E-state index is 13.0. The lowest BCUT2D eigenvalue weighted by molar-refractivity contribution is -0.113. The number of aromatic nitrogens is 3. The Hall–Kier alpha value is -3.09. The Morgan fingerprint density at radius 2 is 2.15 bits per heavy atom. The number of ether oxygens (including phenoxy) is 1. The van der Waals surface area contributed by atoms with E-state index in [9.17, 15) is 10.1 Å². The van der Waals surface area contributed by atoms with E-state index in [1.165, 1.54) is 16.6 Å². The van der Waals surface area contributed by atoms with Gasteiger partial charge in [-0.1, -0.05) is 50.7 Å². The van der Waals surface area contributed by atoms with E-state index in [0.29, 0.717) is 34.0 Å². The summed E-state index contributed by atoms with van der Waals surface area (Å²) < 4.78 is 8.16. The fourth-order valence-corrected chi connectivity index (χ4v) is 6.98. The standard InChI is InChI=1S/C30H37N5O2S2/c1-8-14-35-27(20(4)37-24-11-9-10-18(2)19(24)3)33-34-29(35)38-17-26(36)32-28-23(16-31)22-13-12-21(30(5,6)7)15-25(22)39-28/h8-11,20-21H,1,12-15,17H2,2-7H3,(H,32,36). The molecular formula is C30H37N5O2S2. The Kier molecular flexibility index (Phi) is 8.87. The van der Waals surface area contributed by atoms with Gasteiger partial charge in [0.1, 0.15) is 16.8 Å². The van der Waals surface area contributed by atoms with E-state index in [-0.39, 0.29) is 23.2 Å². The van der Waals surface area contributed by atoms with Crippen LogP contribution in [0.3, 0.4) is 0 Å². The average molecular weight is 564 g/mol. The zero-order chi connectivity index (χ0) is 28.3. The summed E-state index contributed by atoms with van der Waals surface area (Å²) in [5.74, 6) is 2.03. The summed E-state index contributed by atoms with van der Waals surface area (Å²) in [6, 6.07) is 8.33. The van der Waals surface area contributed by atoms with Gasteiger partial charge >= 0.3 is 0 Å². The number of rotatable bonds is 9. The summed E-state index contributed by atoms with van der Waals surface area (Å²) >= 11 is 2.86.